The third-order valence-electron chi connectivity index (χ3n) is 12.3. The molecular weight excluding hydrogens is 793 g/mol. The molecule has 2 aromatic heterocycles. The maximum atomic E-state index is 6.64. The first-order valence-corrected chi connectivity index (χ1v) is 21.9. The van der Waals surface area contributed by atoms with Crippen LogP contribution in [0.3, 0.4) is 0 Å². The molecule has 0 aliphatic rings. The molecule has 0 bridgehead atoms. The molecule has 4 nitrogen and oxygen atoms in total. The van der Waals surface area contributed by atoms with Crippen molar-refractivity contribution < 1.29 is 8.83 Å². The van der Waals surface area contributed by atoms with Gasteiger partial charge in [-0.3, -0.25) is 0 Å². The Hall–Kier alpha value is -8.73. The highest BCUT2D eigenvalue weighted by Crippen LogP contribution is 2.42. The maximum absolute atomic E-state index is 6.64. The van der Waals surface area contributed by atoms with Crippen molar-refractivity contribution in [2.75, 3.05) is 4.90 Å². The minimum Gasteiger partial charge on any atom is -0.455 e. The summed E-state index contributed by atoms with van der Waals surface area (Å²) in [6.45, 7) is 0. The Morgan fingerprint density at radius 2 is 0.754 bits per heavy atom. The Bertz CT molecular complexity index is 3600. The van der Waals surface area contributed by atoms with E-state index < -0.39 is 0 Å². The van der Waals surface area contributed by atoms with Gasteiger partial charge in [0.15, 0.2) is 5.58 Å². The Kier molecular flexibility index (Phi) is 9.46. The van der Waals surface area contributed by atoms with Gasteiger partial charge in [-0.25, -0.2) is 4.98 Å². The summed E-state index contributed by atoms with van der Waals surface area (Å²) >= 11 is 0. The van der Waals surface area contributed by atoms with Crippen molar-refractivity contribution in [3.8, 4) is 67.1 Å². The molecule has 12 rings (SSSR count). The number of oxazole rings is 1. The van der Waals surface area contributed by atoms with Crippen LogP contribution < -0.4 is 4.90 Å². The second-order valence-corrected chi connectivity index (χ2v) is 16.4. The zero-order chi connectivity index (χ0) is 43.1. The predicted octanol–water partition coefficient (Wildman–Crippen LogP) is 17.2. The van der Waals surface area contributed by atoms with Crippen molar-refractivity contribution in [1.29, 1.82) is 0 Å². The van der Waals surface area contributed by atoms with Crippen LogP contribution in [-0.4, -0.2) is 4.98 Å². The van der Waals surface area contributed by atoms with Crippen molar-refractivity contribution >= 4 is 50.1 Å². The quantitative estimate of drug-likeness (QED) is 0.145. The average Bonchev–Trinajstić information content (AvgIpc) is 3.98. The molecule has 0 aliphatic carbocycles. The van der Waals surface area contributed by atoms with Crippen LogP contribution >= 0.6 is 0 Å². The Balaban J connectivity index is 0.900. The van der Waals surface area contributed by atoms with E-state index in [0.717, 1.165) is 77.9 Å². The molecule has 306 valence electrons. The molecule has 2 heterocycles. The van der Waals surface area contributed by atoms with E-state index in [1.165, 1.54) is 27.8 Å². The topological polar surface area (TPSA) is 42.4 Å². The highest BCUT2D eigenvalue weighted by atomic mass is 16.4. The lowest BCUT2D eigenvalue weighted by molar-refractivity contribution is 0.617. The lowest BCUT2D eigenvalue weighted by atomic mass is 9.99. The van der Waals surface area contributed by atoms with Gasteiger partial charge >= 0.3 is 0 Å². The first kappa shape index (κ1) is 38.0. The number of aromatic nitrogens is 1. The van der Waals surface area contributed by atoms with Crippen molar-refractivity contribution in [2.45, 2.75) is 0 Å². The van der Waals surface area contributed by atoms with E-state index in [4.69, 9.17) is 13.8 Å². The SMILES string of the molecule is c1ccc(-c2ccc(-c3ccc(N(c4ccc(-c5cccc6c5oc5cc7oc(-c8ccccc8)nc7cc56)cc4)c4cccc(-c5ccc(-c6ccccc6)cc5)c4)cc3)cc2)cc1. The third kappa shape index (κ3) is 7.23. The molecule has 0 saturated heterocycles. The Morgan fingerprint density at radius 3 is 1.32 bits per heavy atom. The van der Waals surface area contributed by atoms with Gasteiger partial charge in [0.25, 0.3) is 0 Å². The molecule has 4 heteroatoms. The monoisotopic (exact) mass is 832 g/mol. The number of rotatable bonds is 9. The lowest BCUT2D eigenvalue weighted by Gasteiger charge is -2.26. The van der Waals surface area contributed by atoms with Crippen molar-refractivity contribution in [2.24, 2.45) is 0 Å². The van der Waals surface area contributed by atoms with Gasteiger partial charge in [0.2, 0.25) is 5.89 Å². The molecule has 0 amide bonds. The molecular formula is C61H40N2O2. The second kappa shape index (κ2) is 16.2. The summed E-state index contributed by atoms with van der Waals surface area (Å²) in [6.07, 6.45) is 0. The third-order valence-corrected chi connectivity index (χ3v) is 12.3. The molecule has 65 heavy (non-hydrogen) atoms. The van der Waals surface area contributed by atoms with E-state index >= 15 is 0 Å². The summed E-state index contributed by atoms with van der Waals surface area (Å²) in [4.78, 5) is 7.17. The summed E-state index contributed by atoms with van der Waals surface area (Å²) in [5.41, 5.74) is 18.8. The van der Waals surface area contributed by atoms with Crippen LogP contribution in [0.2, 0.25) is 0 Å². The van der Waals surface area contributed by atoms with Crippen LogP contribution in [0.15, 0.2) is 251 Å². The Labute approximate surface area is 377 Å². The van der Waals surface area contributed by atoms with Gasteiger partial charge in [-0.05, 0) is 105 Å². The number of para-hydroxylation sites is 1. The van der Waals surface area contributed by atoms with Crippen molar-refractivity contribution in [1.82, 2.24) is 4.98 Å². The van der Waals surface area contributed by atoms with Gasteiger partial charge in [0.05, 0.1) is 0 Å². The van der Waals surface area contributed by atoms with Crippen LogP contribution in [0, 0.1) is 0 Å². The lowest BCUT2D eigenvalue weighted by Crippen LogP contribution is -2.10. The second-order valence-electron chi connectivity index (χ2n) is 16.4. The maximum Gasteiger partial charge on any atom is 0.227 e. The minimum absolute atomic E-state index is 0.598. The molecule has 0 atom stereocenters. The van der Waals surface area contributed by atoms with Gasteiger partial charge in [-0.15, -0.1) is 0 Å². The number of hydrogen-bond acceptors (Lipinski definition) is 4. The summed E-state index contributed by atoms with van der Waals surface area (Å²) in [5.74, 6) is 0.598. The number of benzene rings is 10. The Morgan fingerprint density at radius 1 is 0.292 bits per heavy atom. The fourth-order valence-electron chi connectivity index (χ4n) is 8.99. The van der Waals surface area contributed by atoms with Crippen LogP contribution in [-0.2, 0) is 0 Å². The van der Waals surface area contributed by atoms with E-state index in [9.17, 15) is 0 Å². The number of anilines is 3. The fraction of sp³-hybridized carbons (Fsp3) is 0. The number of fused-ring (bicyclic) bond motifs is 4. The van der Waals surface area contributed by atoms with E-state index in [1.54, 1.807) is 0 Å². The molecule has 0 spiro atoms. The first-order chi connectivity index (χ1) is 32.2. The van der Waals surface area contributed by atoms with Crippen molar-refractivity contribution in [3.05, 3.63) is 243 Å². The zero-order valence-electron chi connectivity index (χ0n) is 35.3. The summed E-state index contributed by atoms with van der Waals surface area (Å²) in [5, 5.41) is 2.05. The molecule has 0 N–H and O–H groups in total. The van der Waals surface area contributed by atoms with Crippen molar-refractivity contribution in [3.63, 3.8) is 0 Å². The zero-order valence-corrected chi connectivity index (χ0v) is 35.3. The summed E-state index contributed by atoms with van der Waals surface area (Å²) < 4.78 is 12.9. The fourth-order valence-corrected chi connectivity index (χ4v) is 8.99. The van der Waals surface area contributed by atoms with Crippen LogP contribution in [0.25, 0.3) is 100 Å². The van der Waals surface area contributed by atoms with Gasteiger partial charge in [-0.1, -0.05) is 182 Å². The molecule has 0 unspecified atom stereocenters. The van der Waals surface area contributed by atoms with E-state index in [0.29, 0.717) is 11.5 Å². The van der Waals surface area contributed by atoms with Gasteiger partial charge < -0.3 is 13.7 Å². The summed E-state index contributed by atoms with van der Waals surface area (Å²) in [6, 6.07) is 85.6. The predicted molar refractivity (Wildman–Crippen MR) is 269 cm³/mol. The van der Waals surface area contributed by atoms with Crippen LogP contribution in [0.5, 0.6) is 0 Å². The molecule has 12 aromatic rings. The molecule has 10 aromatic carbocycles. The van der Waals surface area contributed by atoms with E-state index in [1.807, 2.05) is 36.4 Å². The summed E-state index contributed by atoms with van der Waals surface area (Å²) in [7, 11) is 0. The molecule has 0 aliphatic heterocycles. The average molecular weight is 833 g/mol. The van der Waals surface area contributed by atoms with Crippen LogP contribution in [0.4, 0.5) is 17.1 Å². The van der Waals surface area contributed by atoms with Crippen LogP contribution in [0.1, 0.15) is 0 Å². The molecule has 0 saturated carbocycles. The van der Waals surface area contributed by atoms with E-state index in [-0.39, 0.29) is 0 Å². The van der Waals surface area contributed by atoms with E-state index in [2.05, 4.69) is 211 Å². The number of furan rings is 1. The normalized spacial score (nSPS) is 11.4. The van der Waals surface area contributed by atoms with Gasteiger partial charge in [0, 0.05) is 45.0 Å². The standard InChI is InChI=1S/C61H40N2O2/c1-4-12-41(13-5-1)43-22-24-45(25-23-43)46-30-34-51(35-31-46)63(53-19-10-18-50(38-53)47-28-26-44(27-29-47)42-14-6-2-7-15-42)52-36-32-48(33-37-52)54-20-11-21-55-56-39-57-59(40-58(56)64-60(54)55)65-61(62-57)49-16-8-3-9-17-49/h1-40H. The minimum atomic E-state index is 0.598. The highest BCUT2D eigenvalue weighted by Gasteiger charge is 2.18. The largest absolute Gasteiger partial charge is 0.455 e. The molecule has 0 fully saturated rings. The highest BCUT2D eigenvalue weighted by molar-refractivity contribution is 6.12. The number of nitrogens with zero attached hydrogens (tertiary/aromatic N) is 2. The van der Waals surface area contributed by atoms with Gasteiger partial charge in [-0.2, -0.15) is 0 Å². The first-order valence-electron chi connectivity index (χ1n) is 21.9. The molecule has 0 radical (unpaired) electrons. The smallest absolute Gasteiger partial charge is 0.227 e. The van der Waals surface area contributed by atoms with Gasteiger partial charge in [0.1, 0.15) is 16.7 Å². The number of hydrogen-bond donors (Lipinski definition) is 0.